The highest BCUT2D eigenvalue weighted by molar-refractivity contribution is 5.75. The van der Waals surface area contributed by atoms with Gasteiger partial charge >= 0.3 is 0 Å². The molecule has 0 radical (unpaired) electrons. The molecule has 4 heteroatoms. The normalized spacial score (nSPS) is 15.5. The summed E-state index contributed by atoms with van der Waals surface area (Å²) in [6.07, 6.45) is 6.71. The third-order valence-corrected chi connectivity index (χ3v) is 4.21. The number of aromatic amines is 1. The Hall–Kier alpha value is -1.58. The summed E-state index contributed by atoms with van der Waals surface area (Å²) in [6, 6.07) is 1.93. The van der Waals surface area contributed by atoms with Gasteiger partial charge < -0.3 is 10.3 Å². The second kappa shape index (κ2) is 6.73. The molecule has 0 bridgehead atoms. The fraction of sp³-hybridized carbons (Fsp3) is 0.625. The van der Waals surface area contributed by atoms with Crippen molar-refractivity contribution in [1.29, 1.82) is 0 Å². The van der Waals surface area contributed by atoms with Gasteiger partial charge in [0.25, 0.3) is 5.56 Å². The van der Waals surface area contributed by atoms with Gasteiger partial charge in [-0.3, -0.25) is 9.59 Å². The molecule has 2 N–H and O–H groups in total. The predicted molar refractivity (Wildman–Crippen MR) is 79.6 cm³/mol. The van der Waals surface area contributed by atoms with Crippen molar-refractivity contribution in [3.05, 3.63) is 33.2 Å². The summed E-state index contributed by atoms with van der Waals surface area (Å²) in [5.74, 6) is 0.779. The summed E-state index contributed by atoms with van der Waals surface area (Å²) < 4.78 is 0. The molecule has 2 rings (SSSR count). The largest absolute Gasteiger partial charge is 0.352 e. The molecule has 110 valence electrons. The Bertz CT molecular complexity index is 528. The molecule has 4 nitrogen and oxygen atoms in total. The SMILES string of the molecule is Cc1cc(C)c(CNC(=O)CCC2CCCC2)c(=O)[nH]1. The Balaban J connectivity index is 1.82. The fourth-order valence-corrected chi connectivity index (χ4v) is 3.01. The topological polar surface area (TPSA) is 62.0 Å². The van der Waals surface area contributed by atoms with E-state index in [-0.39, 0.29) is 11.5 Å². The maximum atomic E-state index is 11.8. The third-order valence-electron chi connectivity index (χ3n) is 4.21. The molecular formula is C16H24N2O2. The van der Waals surface area contributed by atoms with Gasteiger partial charge in [-0.1, -0.05) is 25.7 Å². The van der Waals surface area contributed by atoms with Crippen LogP contribution in [0.4, 0.5) is 0 Å². The average molecular weight is 276 g/mol. The molecule has 1 fully saturated rings. The first kappa shape index (κ1) is 14.8. The minimum atomic E-state index is -0.0985. The zero-order chi connectivity index (χ0) is 14.5. The van der Waals surface area contributed by atoms with Crippen LogP contribution in [0.5, 0.6) is 0 Å². The highest BCUT2D eigenvalue weighted by atomic mass is 16.1. The molecule has 0 aliphatic heterocycles. The zero-order valence-electron chi connectivity index (χ0n) is 12.4. The molecule has 1 aromatic heterocycles. The maximum absolute atomic E-state index is 11.8. The average Bonchev–Trinajstić information content (AvgIpc) is 2.88. The number of H-pyrrole nitrogens is 1. The van der Waals surface area contributed by atoms with Crippen LogP contribution in [0, 0.1) is 19.8 Å². The number of rotatable bonds is 5. The first-order chi connectivity index (χ1) is 9.56. The lowest BCUT2D eigenvalue weighted by atomic mass is 10.0. The minimum Gasteiger partial charge on any atom is -0.352 e. The first-order valence-corrected chi connectivity index (χ1v) is 7.52. The molecular weight excluding hydrogens is 252 g/mol. The summed E-state index contributed by atoms with van der Waals surface area (Å²) in [7, 11) is 0. The fourth-order valence-electron chi connectivity index (χ4n) is 3.01. The monoisotopic (exact) mass is 276 g/mol. The van der Waals surface area contributed by atoms with Gasteiger partial charge in [-0.25, -0.2) is 0 Å². The number of hydrogen-bond donors (Lipinski definition) is 2. The van der Waals surface area contributed by atoms with Crippen LogP contribution in [0.1, 0.15) is 55.3 Å². The van der Waals surface area contributed by atoms with Crippen LogP contribution in [-0.4, -0.2) is 10.9 Å². The van der Waals surface area contributed by atoms with E-state index in [1.807, 2.05) is 19.9 Å². The van der Waals surface area contributed by atoms with Gasteiger partial charge in [-0.15, -0.1) is 0 Å². The number of hydrogen-bond acceptors (Lipinski definition) is 2. The molecule has 1 aromatic rings. The first-order valence-electron chi connectivity index (χ1n) is 7.52. The maximum Gasteiger partial charge on any atom is 0.253 e. The van der Waals surface area contributed by atoms with Gasteiger partial charge in [0, 0.05) is 24.2 Å². The van der Waals surface area contributed by atoms with Gasteiger partial charge in [0.1, 0.15) is 0 Å². The van der Waals surface area contributed by atoms with E-state index in [2.05, 4.69) is 10.3 Å². The molecule has 1 heterocycles. The summed E-state index contributed by atoms with van der Waals surface area (Å²) in [4.78, 5) is 26.4. The van der Waals surface area contributed by atoms with E-state index >= 15 is 0 Å². The van der Waals surface area contributed by atoms with E-state index in [0.29, 0.717) is 18.5 Å². The smallest absolute Gasteiger partial charge is 0.253 e. The number of aryl methyl sites for hydroxylation is 2. The van der Waals surface area contributed by atoms with E-state index in [1.54, 1.807) is 0 Å². The molecule has 1 amide bonds. The lowest BCUT2D eigenvalue weighted by Gasteiger charge is -2.10. The van der Waals surface area contributed by atoms with Crippen molar-refractivity contribution in [2.24, 2.45) is 5.92 Å². The van der Waals surface area contributed by atoms with Gasteiger partial charge in [0.15, 0.2) is 0 Å². The summed E-state index contributed by atoms with van der Waals surface area (Å²) in [5, 5.41) is 2.87. The predicted octanol–water partition coefficient (Wildman–Crippen LogP) is 2.58. The number of aromatic nitrogens is 1. The van der Waals surface area contributed by atoms with E-state index in [9.17, 15) is 9.59 Å². The molecule has 0 atom stereocenters. The molecule has 1 aliphatic rings. The van der Waals surface area contributed by atoms with E-state index in [1.165, 1.54) is 25.7 Å². The van der Waals surface area contributed by atoms with E-state index in [0.717, 1.165) is 23.6 Å². The van der Waals surface area contributed by atoms with E-state index < -0.39 is 0 Å². The Labute approximate surface area is 120 Å². The number of carbonyl (C=O) groups excluding carboxylic acids is 1. The molecule has 0 unspecified atom stereocenters. The molecule has 20 heavy (non-hydrogen) atoms. The van der Waals surface area contributed by atoms with Crippen LogP contribution in [0.25, 0.3) is 0 Å². The van der Waals surface area contributed by atoms with Crippen LogP contribution >= 0.6 is 0 Å². The number of pyridine rings is 1. The summed E-state index contributed by atoms with van der Waals surface area (Å²) in [5.41, 5.74) is 2.34. The Morgan fingerprint density at radius 2 is 2.05 bits per heavy atom. The molecule has 1 saturated carbocycles. The minimum absolute atomic E-state index is 0.0521. The Morgan fingerprint density at radius 1 is 1.35 bits per heavy atom. The molecule has 0 spiro atoms. The third kappa shape index (κ3) is 3.95. The molecule has 0 aromatic carbocycles. The summed E-state index contributed by atoms with van der Waals surface area (Å²) in [6.45, 7) is 4.09. The van der Waals surface area contributed by atoms with Crippen molar-refractivity contribution >= 4 is 5.91 Å². The van der Waals surface area contributed by atoms with Gasteiger partial charge in [0.2, 0.25) is 5.91 Å². The van der Waals surface area contributed by atoms with E-state index in [4.69, 9.17) is 0 Å². The van der Waals surface area contributed by atoms with Crippen molar-refractivity contribution in [1.82, 2.24) is 10.3 Å². The Morgan fingerprint density at radius 3 is 2.70 bits per heavy atom. The van der Waals surface area contributed by atoms with Crippen molar-refractivity contribution in [2.45, 2.75) is 58.9 Å². The zero-order valence-corrected chi connectivity index (χ0v) is 12.4. The van der Waals surface area contributed by atoms with Crippen LogP contribution in [0.2, 0.25) is 0 Å². The van der Waals surface area contributed by atoms with Gasteiger partial charge in [-0.2, -0.15) is 0 Å². The Kier molecular flexibility index (Phi) is 4.99. The van der Waals surface area contributed by atoms with Crippen molar-refractivity contribution in [3.63, 3.8) is 0 Å². The highest BCUT2D eigenvalue weighted by Crippen LogP contribution is 2.28. The molecule has 0 saturated heterocycles. The van der Waals surface area contributed by atoms with Crippen molar-refractivity contribution < 1.29 is 4.79 Å². The van der Waals surface area contributed by atoms with Crippen LogP contribution < -0.4 is 10.9 Å². The second-order valence-electron chi connectivity index (χ2n) is 5.91. The quantitative estimate of drug-likeness (QED) is 0.868. The standard InChI is InChI=1S/C16H24N2O2/c1-11-9-12(2)18-16(20)14(11)10-17-15(19)8-7-13-5-3-4-6-13/h9,13H,3-8,10H2,1-2H3,(H,17,19)(H,18,20). The number of nitrogens with one attached hydrogen (secondary N) is 2. The van der Waals surface area contributed by atoms with Gasteiger partial charge in [-0.05, 0) is 37.8 Å². The number of carbonyl (C=O) groups is 1. The van der Waals surface area contributed by atoms with Crippen LogP contribution in [-0.2, 0) is 11.3 Å². The molecule has 1 aliphatic carbocycles. The lowest BCUT2D eigenvalue weighted by molar-refractivity contribution is -0.121. The van der Waals surface area contributed by atoms with Crippen molar-refractivity contribution in [2.75, 3.05) is 0 Å². The van der Waals surface area contributed by atoms with Crippen LogP contribution in [0.3, 0.4) is 0 Å². The number of amides is 1. The van der Waals surface area contributed by atoms with Crippen LogP contribution in [0.15, 0.2) is 10.9 Å². The summed E-state index contributed by atoms with van der Waals surface area (Å²) >= 11 is 0. The lowest BCUT2D eigenvalue weighted by Crippen LogP contribution is -2.28. The van der Waals surface area contributed by atoms with Gasteiger partial charge in [0.05, 0.1) is 0 Å². The second-order valence-corrected chi connectivity index (χ2v) is 5.91. The highest BCUT2D eigenvalue weighted by Gasteiger charge is 2.16. The van der Waals surface area contributed by atoms with Crippen molar-refractivity contribution in [3.8, 4) is 0 Å².